The number of rotatable bonds is 6. The molecule has 0 saturated heterocycles. The molecule has 0 heterocycles. The van der Waals surface area contributed by atoms with Crippen molar-refractivity contribution in [3.63, 3.8) is 0 Å². The summed E-state index contributed by atoms with van der Waals surface area (Å²) in [6.07, 6.45) is 6.46. The molecule has 0 unspecified atom stereocenters. The van der Waals surface area contributed by atoms with Crippen molar-refractivity contribution in [2.24, 2.45) is 11.3 Å². The summed E-state index contributed by atoms with van der Waals surface area (Å²) in [7, 11) is 1.66. The van der Waals surface area contributed by atoms with E-state index >= 15 is 0 Å². The lowest BCUT2D eigenvalue weighted by Crippen LogP contribution is -2.53. The summed E-state index contributed by atoms with van der Waals surface area (Å²) < 4.78 is 5.22. The second-order valence-corrected chi connectivity index (χ2v) is 10.9. The van der Waals surface area contributed by atoms with E-state index in [4.69, 9.17) is 4.74 Å². The Balaban J connectivity index is 1.47. The van der Waals surface area contributed by atoms with Crippen LogP contribution in [0.15, 0.2) is 42.5 Å². The van der Waals surface area contributed by atoms with E-state index in [2.05, 4.69) is 51.2 Å². The molecule has 1 amide bonds. The number of methoxy groups -OCH3 is 1. The largest absolute Gasteiger partial charge is 0.497 e. The van der Waals surface area contributed by atoms with Crippen molar-refractivity contribution in [1.82, 2.24) is 5.32 Å². The van der Waals surface area contributed by atoms with E-state index in [0.717, 1.165) is 24.3 Å². The van der Waals surface area contributed by atoms with E-state index in [-0.39, 0.29) is 16.7 Å². The van der Waals surface area contributed by atoms with Gasteiger partial charge in [-0.25, -0.2) is 0 Å². The molecule has 32 heavy (non-hydrogen) atoms. The van der Waals surface area contributed by atoms with E-state index in [1.807, 2.05) is 24.3 Å². The lowest BCUT2D eigenvalue weighted by Gasteiger charge is -2.55. The van der Waals surface area contributed by atoms with Gasteiger partial charge in [-0.3, -0.25) is 4.79 Å². The Hall–Kier alpha value is -2.29. The summed E-state index contributed by atoms with van der Waals surface area (Å²) in [5.41, 5.74) is 5.94. The van der Waals surface area contributed by atoms with E-state index in [9.17, 15) is 4.79 Å². The smallest absolute Gasteiger partial charge is 0.224 e. The average Bonchev–Trinajstić information content (AvgIpc) is 2.78. The minimum Gasteiger partial charge on any atom is -0.497 e. The highest BCUT2D eigenvalue weighted by Crippen LogP contribution is 2.57. The van der Waals surface area contributed by atoms with Crippen molar-refractivity contribution in [2.75, 3.05) is 13.7 Å². The molecule has 2 aromatic rings. The summed E-state index contributed by atoms with van der Waals surface area (Å²) in [6.45, 7) is 10.2. The summed E-state index contributed by atoms with van der Waals surface area (Å²) in [6, 6.07) is 15.0. The third-order valence-electron chi connectivity index (χ3n) is 8.38. The van der Waals surface area contributed by atoms with Gasteiger partial charge in [0.25, 0.3) is 0 Å². The summed E-state index contributed by atoms with van der Waals surface area (Å²) in [5, 5.41) is 3.30. The van der Waals surface area contributed by atoms with Crippen molar-refractivity contribution in [2.45, 2.75) is 77.6 Å². The van der Waals surface area contributed by atoms with E-state index < -0.39 is 0 Å². The van der Waals surface area contributed by atoms with Crippen LogP contribution in [0, 0.1) is 11.3 Å². The van der Waals surface area contributed by atoms with Gasteiger partial charge in [0.1, 0.15) is 5.75 Å². The monoisotopic (exact) mass is 433 g/mol. The number of benzene rings is 2. The van der Waals surface area contributed by atoms with Crippen molar-refractivity contribution in [3.05, 3.63) is 64.7 Å². The zero-order chi connectivity index (χ0) is 22.9. The highest BCUT2D eigenvalue weighted by atomic mass is 16.5. The summed E-state index contributed by atoms with van der Waals surface area (Å²) in [5.74, 6) is 2.11. The van der Waals surface area contributed by atoms with Crippen LogP contribution in [0.2, 0.25) is 0 Å². The van der Waals surface area contributed by atoms with Gasteiger partial charge in [-0.05, 0) is 82.7 Å². The number of nitrogens with one attached hydrogen (secondary N) is 1. The lowest BCUT2D eigenvalue weighted by molar-refractivity contribution is -0.121. The third-order valence-corrected chi connectivity index (χ3v) is 8.38. The summed E-state index contributed by atoms with van der Waals surface area (Å²) in [4.78, 5) is 12.7. The summed E-state index contributed by atoms with van der Waals surface area (Å²) >= 11 is 0. The van der Waals surface area contributed by atoms with Gasteiger partial charge >= 0.3 is 0 Å². The maximum atomic E-state index is 12.7. The minimum atomic E-state index is 0.112. The maximum absolute atomic E-state index is 12.7. The van der Waals surface area contributed by atoms with Crippen molar-refractivity contribution in [1.29, 1.82) is 0 Å². The highest BCUT2D eigenvalue weighted by molar-refractivity contribution is 5.78. The first kappa shape index (κ1) is 22.9. The van der Waals surface area contributed by atoms with Crippen LogP contribution in [0.4, 0.5) is 0 Å². The highest BCUT2D eigenvalue weighted by Gasteiger charge is 2.51. The zero-order valence-electron chi connectivity index (χ0n) is 20.5. The van der Waals surface area contributed by atoms with Gasteiger partial charge in [0, 0.05) is 6.54 Å². The van der Waals surface area contributed by atoms with Crippen molar-refractivity contribution in [3.8, 4) is 5.75 Å². The molecule has 1 fully saturated rings. The minimum absolute atomic E-state index is 0.112. The molecule has 4 rings (SSSR count). The Bertz CT molecular complexity index is 964. The average molecular weight is 434 g/mol. The fourth-order valence-corrected chi connectivity index (χ4v) is 6.51. The first-order chi connectivity index (χ1) is 15.2. The van der Waals surface area contributed by atoms with Gasteiger partial charge < -0.3 is 10.1 Å². The van der Waals surface area contributed by atoms with Crippen LogP contribution in [-0.2, 0) is 23.1 Å². The Morgan fingerprint density at radius 3 is 2.56 bits per heavy atom. The van der Waals surface area contributed by atoms with E-state index in [1.54, 1.807) is 18.2 Å². The Labute approximate surface area is 194 Å². The van der Waals surface area contributed by atoms with Crippen LogP contribution < -0.4 is 10.1 Å². The molecule has 1 N–H and O–H groups in total. The fourth-order valence-electron chi connectivity index (χ4n) is 6.51. The fraction of sp³-hybridized carbons (Fsp3) is 0.552. The van der Waals surface area contributed by atoms with Gasteiger partial charge in [0.05, 0.1) is 13.5 Å². The predicted molar refractivity (Wildman–Crippen MR) is 131 cm³/mol. The molecule has 2 aliphatic rings. The number of amides is 1. The number of fused-ring (bicyclic) bond motifs is 3. The molecule has 2 aliphatic carbocycles. The van der Waals surface area contributed by atoms with E-state index in [0.29, 0.717) is 18.3 Å². The van der Waals surface area contributed by atoms with Crippen LogP contribution in [0.25, 0.3) is 0 Å². The van der Waals surface area contributed by atoms with Crippen LogP contribution in [0.3, 0.4) is 0 Å². The Kier molecular flexibility index (Phi) is 6.38. The number of ether oxygens (including phenoxy) is 1. The van der Waals surface area contributed by atoms with E-state index in [1.165, 1.54) is 31.2 Å². The first-order valence-corrected chi connectivity index (χ1v) is 12.3. The Morgan fingerprint density at radius 1 is 1.12 bits per heavy atom. The third kappa shape index (κ3) is 4.31. The number of carbonyl (C=O) groups excluding carboxylic acids is 1. The second-order valence-electron chi connectivity index (χ2n) is 10.9. The normalized spacial score (nSPS) is 26.9. The van der Waals surface area contributed by atoms with Gasteiger partial charge in [-0.15, -0.1) is 0 Å². The molecule has 3 atom stereocenters. The van der Waals surface area contributed by atoms with Crippen LogP contribution in [-0.4, -0.2) is 19.6 Å². The van der Waals surface area contributed by atoms with Crippen LogP contribution in [0.5, 0.6) is 5.75 Å². The molecule has 172 valence electrons. The van der Waals surface area contributed by atoms with Crippen LogP contribution in [0.1, 0.15) is 81.5 Å². The first-order valence-electron chi connectivity index (χ1n) is 12.3. The van der Waals surface area contributed by atoms with Gasteiger partial charge in [-0.1, -0.05) is 64.4 Å². The number of hydrogen-bond acceptors (Lipinski definition) is 2. The topological polar surface area (TPSA) is 38.3 Å². The number of hydrogen-bond donors (Lipinski definition) is 1. The standard InChI is InChI=1S/C29H39NO2/c1-20(2)22-9-13-25-23(18-22)10-14-26-28(3,15-6-16-29(25,26)4)19-30-27(31)17-21-7-11-24(32-5)12-8-21/h7-9,11-13,18,20,26H,6,10,14-17,19H2,1-5H3,(H,30,31)/t26-,28-,29+/m0/s1. The lowest BCUT2D eigenvalue weighted by atomic mass is 9.49. The molecule has 1 saturated carbocycles. The number of carbonyl (C=O) groups is 1. The molecule has 0 radical (unpaired) electrons. The molecular weight excluding hydrogens is 394 g/mol. The van der Waals surface area contributed by atoms with Crippen LogP contribution >= 0.6 is 0 Å². The predicted octanol–water partition coefficient (Wildman–Crippen LogP) is 6.19. The molecule has 2 aromatic carbocycles. The quantitative estimate of drug-likeness (QED) is 0.590. The maximum Gasteiger partial charge on any atom is 0.224 e. The molecule has 0 aromatic heterocycles. The Morgan fingerprint density at radius 2 is 1.88 bits per heavy atom. The molecule has 0 spiro atoms. The van der Waals surface area contributed by atoms with Crippen molar-refractivity contribution < 1.29 is 9.53 Å². The van der Waals surface area contributed by atoms with Gasteiger partial charge in [-0.2, -0.15) is 0 Å². The molecular formula is C29H39NO2. The SMILES string of the molecule is COc1ccc(CC(=O)NC[C@]2(C)CCC[C@]3(C)c4ccc(C(C)C)cc4CC[C@@H]23)cc1. The van der Waals surface area contributed by atoms with Crippen molar-refractivity contribution >= 4 is 5.91 Å². The molecule has 3 nitrogen and oxygen atoms in total. The molecule has 0 bridgehead atoms. The number of aryl methyl sites for hydroxylation is 1. The van der Waals surface area contributed by atoms with Gasteiger partial charge in [0.15, 0.2) is 0 Å². The van der Waals surface area contributed by atoms with Gasteiger partial charge in [0.2, 0.25) is 5.91 Å². The molecule has 3 heteroatoms. The second kappa shape index (κ2) is 8.92. The molecule has 0 aliphatic heterocycles. The zero-order valence-corrected chi connectivity index (χ0v) is 20.5.